The van der Waals surface area contributed by atoms with Gasteiger partial charge in [-0.1, -0.05) is 30.7 Å². The number of rotatable bonds is 6. The van der Waals surface area contributed by atoms with Crippen LogP contribution in [0.3, 0.4) is 0 Å². The molecule has 2 rings (SSSR count). The van der Waals surface area contributed by atoms with Gasteiger partial charge in [0.25, 0.3) is 0 Å². The number of benzene rings is 1. The third kappa shape index (κ3) is 4.99. The van der Waals surface area contributed by atoms with E-state index in [9.17, 15) is 4.79 Å². The summed E-state index contributed by atoms with van der Waals surface area (Å²) in [6.45, 7) is 1.78. The zero-order valence-corrected chi connectivity index (χ0v) is 13.3. The monoisotopic (exact) mass is 312 g/mol. The Morgan fingerprint density at radius 2 is 2.14 bits per heavy atom. The molecule has 4 nitrogen and oxygen atoms in total. The van der Waals surface area contributed by atoms with Crippen LogP contribution >= 0.6 is 12.4 Å². The molecule has 0 bridgehead atoms. The van der Waals surface area contributed by atoms with Gasteiger partial charge in [0.2, 0.25) is 5.91 Å². The van der Waals surface area contributed by atoms with Crippen LogP contribution in [0.25, 0.3) is 0 Å². The summed E-state index contributed by atoms with van der Waals surface area (Å²) >= 11 is 0. The maximum absolute atomic E-state index is 12.2. The van der Waals surface area contributed by atoms with E-state index in [4.69, 9.17) is 10.5 Å². The first-order chi connectivity index (χ1) is 9.74. The molecular formula is C16H25ClN2O2. The maximum Gasteiger partial charge on any atom is 0.223 e. The Labute approximate surface area is 132 Å². The normalized spacial score (nSPS) is 20.9. The highest BCUT2D eigenvalue weighted by atomic mass is 35.5. The van der Waals surface area contributed by atoms with E-state index in [1.165, 1.54) is 0 Å². The van der Waals surface area contributed by atoms with Crippen LogP contribution in [0.2, 0.25) is 0 Å². The summed E-state index contributed by atoms with van der Waals surface area (Å²) in [5, 5.41) is 3.04. The van der Waals surface area contributed by atoms with E-state index in [0.29, 0.717) is 25.6 Å². The lowest BCUT2D eigenvalue weighted by atomic mass is 9.95. The summed E-state index contributed by atoms with van der Waals surface area (Å²) in [6, 6.07) is 8.11. The Kier molecular flexibility index (Phi) is 7.72. The van der Waals surface area contributed by atoms with E-state index in [2.05, 4.69) is 11.4 Å². The molecule has 1 fully saturated rings. The molecule has 1 aromatic rings. The molecule has 3 N–H and O–H groups in total. The topological polar surface area (TPSA) is 64.3 Å². The molecule has 1 amide bonds. The van der Waals surface area contributed by atoms with Gasteiger partial charge >= 0.3 is 0 Å². The van der Waals surface area contributed by atoms with Gasteiger partial charge in [0.15, 0.2) is 0 Å². The molecule has 2 atom stereocenters. The van der Waals surface area contributed by atoms with Crippen LogP contribution in [0.5, 0.6) is 0 Å². The number of nitrogens with two attached hydrogens (primary N) is 1. The van der Waals surface area contributed by atoms with Crippen LogP contribution in [0, 0.1) is 11.8 Å². The first-order valence-corrected chi connectivity index (χ1v) is 7.29. The predicted molar refractivity (Wildman–Crippen MR) is 86.1 cm³/mol. The number of nitrogens with one attached hydrogen (secondary N) is 1. The highest BCUT2D eigenvalue weighted by Gasteiger charge is 2.31. The smallest absolute Gasteiger partial charge is 0.223 e. The number of ether oxygens (including phenoxy) is 1. The minimum Gasteiger partial charge on any atom is -0.380 e. The van der Waals surface area contributed by atoms with E-state index < -0.39 is 0 Å². The number of amides is 1. The number of carbonyl (C=O) groups excluding carboxylic acids is 1. The van der Waals surface area contributed by atoms with Crippen LogP contribution in [0.4, 0.5) is 0 Å². The summed E-state index contributed by atoms with van der Waals surface area (Å²) < 4.78 is 5.12. The molecule has 0 saturated heterocycles. The van der Waals surface area contributed by atoms with Crippen LogP contribution < -0.4 is 11.1 Å². The van der Waals surface area contributed by atoms with Crippen molar-refractivity contribution in [2.45, 2.75) is 32.4 Å². The molecule has 0 aliphatic heterocycles. The van der Waals surface area contributed by atoms with Crippen LogP contribution in [-0.2, 0) is 22.7 Å². The highest BCUT2D eigenvalue weighted by Crippen LogP contribution is 2.30. The van der Waals surface area contributed by atoms with Gasteiger partial charge < -0.3 is 15.8 Å². The molecule has 0 aromatic heterocycles. The second-order valence-corrected chi connectivity index (χ2v) is 5.50. The molecule has 0 heterocycles. The fourth-order valence-corrected chi connectivity index (χ4v) is 2.98. The Morgan fingerprint density at radius 3 is 2.86 bits per heavy atom. The van der Waals surface area contributed by atoms with E-state index in [1.54, 1.807) is 7.11 Å². The van der Waals surface area contributed by atoms with Crippen LogP contribution in [0.1, 0.15) is 30.4 Å². The molecule has 21 heavy (non-hydrogen) atoms. The lowest BCUT2D eigenvalue weighted by Gasteiger charge is -2.17. The van der Waals surface area contributed by atoms with E-state index >= 15 is 0 Å². The van der Waals surface area contributed by atoms with Gasteiger partial charge in [0.1, 0.15) is 0 Å². The van der Waals surface area contributed by atoms with Crippen molar-refractivity contribution < 1.29 is 9.53 Å². The minimum absolute atomic E-state index is 0. The fraction of sp³-hybridized carbons (Fsp3) is 0.562. The van der Waals surface area contributed by atoms with Gasteiger partial charge in [-0.05, 0) is 36.4 Å². The van der Waals surface area contributed by atoms with Crippen molar-refractivity contribution in [3.63, 3.8) is 0 Å². The standard InChI is InChI=1S/C16H24N2O2.ClH/c1-20-11-13-5-2-4-12(8-13)10-18-16(19)15-7-3-6-14(15)9-17;/h2,4-5,8,14-15H,3,6-7,9-11,17H2,1H3,(H,18,19);1H/t14-,15-;/m1./s1. The van der Waals surface area contributed by atoms with E-state index in [-0.39, 0.29) is 24.2 Å². The Balaban J connectivity index is 0.00000220. The summed E-state index contributed by atoms with van der Waals surface area (Å²) in [4.78, 5) is 12.2. The molecule has 0 unspecified atom stereocenters. The first kappa shape index (κ1) is 18.0. The van der Waals surface area contributed by atoms with Gasteiger partial charge in [0, 0.05) is 19.6 Å². The Bertz CT molecular complexity index is 454. The van der Waals surface area contributed by atoms with Crippen molar-refractivity contribution in [2.75, 3.05) is 13.7 Å². The lowest BCUT2D eigenvalue weighted by molar-refractivity contribution is -0.126. The summed E-state index contributed by atoms with van der Waals surface area (Å²) in [5.74, 6) is 0.604. The third-order valence-electron chi connectivity index (χ3n) is 4.07. The molecule has 0 spiro atoms. The number of hydrogen-bond donors (Lipinski definition) is 2. The molecule has 1 aliphatic carbocycles. The molecule has 0 radical (unpaired) electrons. The van der Waals surface area contributed by atoms with Crippen molar-refractivity contribution in [2.24, 2.45) is 17.6 Å². The molecule has 1 saturated carbocycles. The first-order valence-electron chi connectivity index (χ1n) is 7.29. The zero-order chi connectivity index (χ0) is 14.4. The average molecular weight is 313 g/mol. The summed E-state index contributed by atoms with van der Waals surface area (Å²) in [6.07, 6.45) is 3.17. The second-order valence-electron chi connectivity index (χ2n) is 5.50. The van der Waals surface area contributed by atoms with Crippen molar-refractivity contribution in [1.82, 2.24) is 5.32 Å². The molecule has 118 valence electrons. The van der Waals surface area contributed by atoms with Crippen LogP contribution in [-0.4, -0.2) is 19.6 Å². The van der Waals surface area contributed by atoms with Gasteiger partial charge in [-0.25, -0.2) is 0 Å². The van der Waals surface area contributed by atoms with Gasteiger partial charge in [-0.3, -0.25) is 4.79 Å². The molecule has 1 aromatic carbocycles. The van der Waals surface area contributed by atoms with Crippen molar-refractivity contribution in [3.05, 3.63) is 35.4 Å². The summed E-state index contributed by atoms with van der Waals surface area (Å²) in [7, 11) is 1.68. The van der Waals surface area contributed by atoms with E-state index in [1.807, 2.05) is 18.2 Å². The molecule has 5 heteroatoms. The Hall–Kier alpha value is -1.10. The minimum atomic E-state index is 0. The number of carbonyl (C=O) groups is 1. The SMILES string of the molecule is COCc1cccc(CNC(=O)[C@@H]2CCC[C@@H]2CN)c1.Cl. The third-order valence-corrected chi connectivity index (χ3v) is 4.07. The predicted octanol–water partition coefficient (Wildman–Crippen LogP) is 2.25. The second kappa shape index (κ2) is 9.03. The zero-order valence-electron chi connectivity index (χ0n) is 12.5. The summed E-state index contributed by atoms with van der Waals surface area (Å²) in [5.41, 5.74) is 7.96. The number of hydrogen-bond acceptors (Lipinski definition) is 3. The highest BCUT2D eigenvalue weighted by molar-refractivity contribution is 5.85. The quantitative estimate of drug-likeness (QED) is 0.846. The van der Waals surface area contributed by atoms with Crippen molar-refractivity contribution in [3.8, 4) is 0 Å². The fourth-order valence-electron chi connectivity index (χ4n) is 2.98. The largest absolute Gasteiger partial charge is 0.380 e. The van der Waals surface area contributed by atoms with E-state index in [0.717, 1.165) is 30.4 Å². The molecule has 1 aliphatic rings. The van der Waals surface area contributed by atoms with Crippen molar-refractivity contribution >= 4 is 18.3 Å². The Morgan fingerprint density at radius 1 is 1.38 bits per heavy atom. The number of halogens is 1. The van der Waals surface area contributed by atoms with Gasteiger partial charge in [-0.2, -0.15) is 0 Å². The van der Waals surface area contributed by atoms with Crippen molar-refractivity contribution in [1.29, 1.82) is 0 Å². The maximum atomic E-state index is 12.2. The van der Waals surface area contributed by atoms with Gasteiger partial charge in [0.05, 0.1) is 6.61 Å². The van der Waals surface area contributed by atoms with Crippen LogP contribution in [0.15, 0.2) is 24.3 Å². The average Bonchev–Trinajstić information content (AvgIpc) is 2.94. The lowest BCUT2D eigenvalue weighted by Crippen LogP contribution is -2.34. The van der Waals surface area contributed by atoms with Gasteiger partial charge in [-0.15, -0.1) is 12.4 Å². The molecular weight excluding hydrogens is 288 g/mol. The number of methoxy groups -OCH3 is 1.